The SMILES string of the molecule is COCCOc1ccc(NC(=O)C2=NN(c3cccc(C)c3)C(=O)CC2)cc1. The molecule has 0 unspecified atom stereocenters. The van der Waals surface area contributed by atoms with Crippen LogP contribution < -0.4 is 15.1 Å². The molecule has 0 saturated carbocycles. The molecule has 2 amide bonds. The first-order chi connectivity index (χ1) is 13.6. The van der Waals surface area contributed by atoms with Crippen molar-refractivity contribution >= 4 is 28.9 Å². The fourth-order valence-electron chi connectivity index (χ4n) is 2.76. The van der Waals surface area contributed by atoms with Crippen molar-refractivity contribution in [2.75, 3.05) is 30.6 Å². The Balaban J connectivity index is 1.68. The van der Waals surface area contributed by atoms with Crippen molar-refractivity contribution in [2.45, 2.75) is 19.8 Å². The largest absolute Gasteiger partial charge is 0.491 e. The van der Waals surface area contributed by atoms with Crippen molar-refractivity contribution < 1.29 is 19.1 Å². The Kier molecular flexibility index (Phi) is 6.39. The molecular formula is C21H23N3O4. The van der Waals surface area contributed by atoms with Gasteiger partial charge in [-0.05, 0) is 48.9 Å². The first kappa shape index (κ1) is 19.6. The van der Waals surface area contributed by atoms with Crippen LogP contribution in [0.25, 0.3) is 0 Å². The van der Waals surface area contributed by atoms with Crippen LogP contribution in [-0.2, 0) is 14.3 Å². The normalized spacial score (nSPS) is 13.9. The maximum absolute atomic E-state index is 12.6. The second kappa shape index (κ2) is 9.14. The lowest BCUT2D eigenvalue weighted by Crippen LogP contribution is -2.36. The van der Waals surface area contributed by atoms with E-state index >= 15 is 0 Å². The summed E-state index contributed by atoms with van der Waals surface area (Å²) in [6, 6.07) is 14.5. The molecule has 3 rings (SSSR count). The zero-order valence-electron chi connectivity index (χ0n) is 16.0. The molecule has 7 nitrogen and oxygen atoms in total. The van der Waals surface area contributed by atoms with Crippen molar-refractivity contribution in [1.82, 2.24) is 0 Å². The van der Waals surface area contributed by atoms with Crippen molar-refractivity contribution in [3.8, 4) is 5.75 Å². The minimum absolute atomic E-state index is 0.125. The Morgan fingerprint density at radius 3 is 2.64 bits per heavy atom. The quantitative estimate of drug-likeness (QED) is 0.747. The number of amides is 2. The van der Waals surface area contributed by atoms with Gasteiger partial charge in [0.25, 0.3) is 5.91 Å². The minimum Gasteiger partial charge on any atom is -0.491 e. The van der Waals surface area contributed by atoms with Crippen LogP contribution in [0.15, 0.2) is 53.6 Å². The van der Waals surface area contributed by atoms with E-state index < -0.39 is 0 Å². The van der Waals surface area contributed by atoms with Gasteiger partial charge in [-0.25, -0.2) is 5.01 Å². The summed E-state index contributed by atoms with van der Waals surface area (Å²) >= 11 is 0. The zero-order chi connectivity index (χ0) is 19.9. The fraction of sp³-hybridized carbons (Fsp3) is 0.286. The predicted molar refractivity (Wildman–Crippen MR) is 108 cm³/mol. The Morgan fingerprint density at radius 1 is 1.14 bits per heavy atom. The maximum atomic E-state index is 12.6. The Bertz CT molecular complexity index is 877. The van der Waals surface area contributed by atoms with Gasteiger partial charge in [-0.3, -0.25) is 9.59 Å². The van der Waals surface area contributed by atoms with E-state index in [1.165, 1.54) is 5.01 Å². The number of benzene rings is 2. The van der Waals surface area contributed by atoms with E-state index in [1.807, 2.05) is 25.1 Å². The summed E-state index contributed by atoms with van der Waals surface area (Å²) in [6.45, 7) is 2.91. The highest BCUT2D eigenvalue weighted by Gasteiger charge is 2.25. The zero-order valence-corrected chi connectivity index (χ0v) is 16.0. The number of nitrogens with zero attached hydrogens (tertiary/aromatic N) is 2. The molecule has 146 valence electrons. The number of methoxy groups -OCH3 is 1. The molecule has 1 aliphatic rings. The highest BCUT2D eigenvalue weighted by Crippen LogP contribution is 2.22. The summed E-state index contributed by atoms with van der Waals surface area (Å²) in [4.78, 5) is 24.8. The van der Waals surface area contributed by atoms with Gasteiger partial charge >= 0.3 is 0 Å². The molecular weight excluding hydrogens is 358 g/mol. The minimum atomic E-state index is -0.321. The Morgan fingerprint density at radius 2 is 1.93 bits per heavy atom. The Hall–Kier alpha value is -3.19. The molecule has 1 aliphatic heterocycles. The van der Waals surface area contributed by atoms with Gasteiger partial charge in [0, 0.05) is 25.6 Å². The standard InChI is InChI=1S/C21H23N3O4/c1-15-4-3-5-17(14-15)24-20(25)11-10-19(23-24)21(26)22-16-6-8-18(9-7-16)28-13-12-27-2/h3-9,14H,10-13H2,1-2H3,(H,22,26). The van der Waals surface area contributed by atoms with Gasteiger partial charge < -0.3 is 14.8 Å². The lowest BCUT2D eigenvalue weighted by molar-refractivity contribution is -0.118. The van der Waals surface area contributed by atoms with Gasteiger partial charge in [-0.15, -0.1) is 0 Å². The molecule has 0 atom stereocenters. The number of ether oxygens (including phenoxy) is 2. The second-order valence-electron chi connectivity index (χ2n) is 6.41. The van der Waals surface area contributed by atoms with Gasteiger partial charge in [0.2, 0.25) is 5.91 Å². The van der Waals surface area contributed by atoms with Crippen LogP contribution in [-0.4, -0.2) is 37.8 Å². The molecule has 1 N–H and O–H groups in total. The molecule has 0 spiro atoms. The van der Waals surface area contributed by atoms with E-state index in [0.717, 1.165) is 5.56 Å². The van der Waals surface area contributed by atoms with E-state index in [-0.39, 0.29) is 18.2 Å². The van der Waals surface area contributed by atoms with Crippen molar-refractivity contribution in [3.63, 3.8) is 0 Å². The third-order valence-electron chi connectivity index (χ3n) is 4.21. The van der Waals surface area contributed by atoms with Crippen molar-refractivity contribution in [1.29, 1.82) is 0 Å². The van der Waals surface area contributed by atoms with Crippen LogP contribution in [0, 0.1) is 6.92 Å². The summed E-state index contributed by atoms with van der Waals surface area (Å²) in [7, 11) is 1.61. The van der Waals surface area contributed by atoms with Crippen LogP contribution in [0.4, 0.5) is 11.4 Å². The summed E-state index contributed by atoms with van der Waals surface area (Å²) in [5.74, 6) is 0.249. The third kappa shape index (κ3) is 4.95. The van der Waals surface area contributed by atoms with E-state index in [1.54, 1.807) is 37.4 Å². The number of carbonyl (C=O) groups excluding carboxylic acids is 2. The number of aryl methyl sites for hydroxylation is 1. The van der Waals surface area contributed by atoms with E-state index in [0.29, 0.717) is 42.5 Å². The lowest BCUT2D eigenvalue weighted by atomic mass is 10.1. The summed E-state index contributed by atoms with van der Waals surface area (Å²) in [5.41, 5.74) is 2.63. The number of hydrogen-bond acceptors (Lipinski definition) is 5. The molecule has 2 aromatic rings. The van der Waals surface area contributed by atoms with Crippen molar-refractivity contribution in [2.24, 2.45) is 5.10 Å². The lowest BCUT2D eigenvalue weighted by Gasteiger charge is -2.23. The van der Waals surface area contributed by atoms with Gasteiger partial charge in [0.05, 0.1) is 12.3 Å². The molecule has 0 aliphatic carbocycles. The number of hydrazone groups is 1. The van der Waals surface area contributed by atoms with Crippen LogP contribution in [0.2, 0.25) is 0 Å². The van der Waals surface area contributed by atoms with Crippen LogP contribution in [0.3, 0.4) is 0 Å². The molecule has 28 heavy (non-hydrogen) atoms. The van der Waals surface area contributed by atoms with Gasteiger partial charge in [-0.1, -0.05) is 12.1 Å². The van der Waals surface area contributed by atoms with Gasteiger partial charge in [0.15, 0.2) is 0 Å². The maximum Gasteiger partial charge on any atom is 0.271 e. The van der Waals surface area contributed by atoms with Crippen molar-refractivity contribution in [3.05, 3.63) is 54.1 Å². The van der Waals surface area contributed by atoms with Gasteiger partial charge in [0.1, 0.15) is 18.1 Å². The molecule has 2 aromatic carbocycles. The second-order valence-corrected chi connectivity index (χ2v) is 6.41. The number of carbonyl (C=O) groups is 2. The molecule has 0 saturated heterocycles. The van der Waals surface area contributed by atoms with Crippen LogP contribution in [0.1, 0.15) is 18.4 Å². The first-order valence-corrected chi connectivity index (χ1v) is 9.07. The number of hydrogen-bond donors (Lipinski definition) is 1. The molecule has 0 radical (unpaired) electrons. The number of rotatable bonds is 7. The average Bonchev–Trinajstić information content (AvgIpc) is 2.70. The Labute approximate surface area is 163 Å². The summed E-state index contributed by atoms with van der Waals surface area (Å²) < 4.78 is 10.4. The molecule has 0 bridgehead atoms. The monoisotopic (exact) mass is 381 g/mol. The highest BCUT2D eigenvalue weighted by molar-refractivity contribution is 6.44. The average molecular weight is 381 g/mol. The summed E-state index contributed by atoms with van der Waals surface area (Å²) in [6.07, 6.45) is 0.553. The molecule has 0 fully saturated rings. The molecule has 1 heterocycles. The van der Waals surface area contributed by atoms with Crippen LogP contribution in [0.5, 0.6) is 5.75 Å². The number of anilines is 2. The predicted octanol–water partition coefficient (Wildman–Crippen LogP) is 3.14. The highest BCUT2D eigenvalue weighted by atomic mass is 16.5. The smallest absolute Gasteiger partial charge is 0.271 e. The number of nitrogens with one attached hydrogen (secondary N) is 1. The van der Waals surface area contributed by atoms with E-state index in [4.69, 9.17) is 9.47 Å². The fourth-order valence-corrected chi connectivity index (χ4v) is 2.76. The first-order valence-electron chi connectivity index (χ1n) is 9.07. The van der Waals surface area contributed by atoms with Gasteiger partial charge in [-0.2, -0.15) is 5.10 Å². The van der Waals surface area contributed by atoms with E-state index in [2.05, 4.69) is 10.4 Å². The topological polar surface area (TPSA) is 80.2 Å². The molecule has 7 heteroatoms. The van der Waals surface area contributed by atoms with E-state index in [9.17, 15) is 9.59 Å². The van der Waals surface area contributed by atoms with Crippen LogP contribution >= 0.6 is 0 Å². The molecule has 0 aromatic heterocycles. The third-order valence-corrected chi connectivity index (χ3v) is 4.21. The summed E-state index contributed by atoms with van der Waals surface area (Å²) in [5, 5.41) is 8.41.